The lowest BCUT2D eigenvalue weighted by Gasteiger charge is -2.37. The van der Waals surface area contributed by atoms with Crippen LogP contribution in [0.1, 0.15) is 12.8 Å². The molecule has 0 aliphatic carbocycles. The van der Waals surface area contributed by atoms with E-state index in [1.54, 1.807) is 0 Å². The maximum Gasteiger partial charge on any atom is 0.150 e. The van der Waals surface area contributed by atoms with Gasteiger partial charge in [-0.3, -0.25) is 0 Å². The maximum atomic E-state index is 11.4. The zero-order chi connectivity index (χ0) is 12.4. The number of anilines is 1. The quantitative estimate of drug-likeness (QED) is 0.847. The fraction of sp³-hybridized carbons (Fsp3) is 0.500. The Balaban J connectivity index is 2.12. The van der Waals surface area contributed by atoms with Crippen LogP contribution in [0.2, 0.25) is 0 Å². The Labute approximate surface area is 102 Å². The number of aliphatic hydroxyl groups is 1. The number of para-hydroxylation sites is 1. The summed E-state index contributed by atoms with van der Waals surface area (Å²) in [5.74, 6) is 0.292. The van der Waals surface area contributed by atoms with Crippen molar-refractivity contribution in [3.05, 3.63) is 30.3 Å². The summed E-state index contributed by atoms with van der Waals surface area (Å²) in [6, 6.07) is 9.57. The minimum atomic E-state index is -2.91. The van der Waals surface area contributed by atoms with Crippen molar-refractivity contribution in [1.29, 1.82) is 0 Å². The van der Waals surface area contributed by atoms with Crippen molar-refractivity contribution in [3.63, 3.8) is 0 Å². The highest BCUT2D eigenvalue weighted by Gasteiger charge is 2.36. The maximum absolute atomic E-state index is 11.4. The molecule has 1 aliphatic rings. The highest BCUT2D eigenvalue weighted by atomic mass is 32.2. The van der Waals surface area contributed by atoms with Crippen LogP contribution in [0.25, 0.3) is 0 Å². The second-order valence-electron chi connectivity index (χ2n) is 4.58. The normalized spacial score (nSPS) is 21.9. The first-order chi connectivity index (χ1) is 8.05. The Bertz CT molecular complexity index is 456. The van der Waals surface area contributed by atoms with E-state index >= 15 is 0 Å². The summed E-state index contributed by atoms with van der Waals surface area (Å²) < 4.78 is 22.8. The Kier molecular flexibility index (Phi) is 3.40. The average molecular weight is 255 g/mol. The van der Waals surface area contributed by atoms with E-state index in [9.17, 15) is 13.5 Å². The number of aliphatic hydroxyl groups excluding tert-OH is 1. The molecule has 1 saturated heterocycles. The summed E-state index contributed by atoms with van der Waals surface area (Å²) in [5.41, 5.74) is 0.424. The number of hydrogen-bond acceptors (Lipinski definition) is 4. The van der Waals surface area contributed by atoms with Crippen LogP contribution < -0.4 is 5.32 Å². The summed E-state index contributed by atoms with van der Waals surface area (Å²) in [6.07, 6.45) is 0.918. The summed E-state index contributed by atoms with van der Waals surface area (Å²) in [7, 11) is -2.91. The van der Waals surface area contributed by atoms with Crippen molar-refractivity contribution in [3.8, 4) is 0 Å². The zero-order valence-electron chi connectivity index (χ0n) is 9.59. The summed E-state index contributed by atoms with van der Waals surface area (Å²) in [6.45, 7) is -0.0442. The van der Waals surface area contributed by atoms with Crippen molar-refractivity contribution in [1.82, 2.24) is 0 Å². The van der Waals surface area contributed by atoms with E-state index in [1.807, 2.05) is 30.3 Å². The van der Waals surface area contributed by atoms with Crippen molar-refractivity contribution in [2.75, 3.05) is 23.4 Å². The van der Waals surface area contributed by atoms with Crippen LogP contribution in [0.15, 0.2) is 30.3 Å². The minimum absolute atomic E-state index is 0.0442. The lowest BCUT2D eigenvalue weighted by molar-refractivity contribution is 0.200. The Morgan fingerprint density at radius 2 is 1.76 bits per heavy atom. The van der Waals surface area contributed by atoms with Gasteiger partial charge in [-0.15, -0.1) is 0 Å². The van der Waals surface area contributed by atoms with Gasteiger partial charge in [0.2, 0.25) is 0 Å². The van der Waals surface area contributed by atoms with Crippen LogP contribution in [-0.2, 0) is 9.84 Å². The molecule has 5 heteroatoms. The fourth-order valence-corrected chi connectivity index (χ4v) is 3.69. The van der Waals surface area contributed by atoms with E-state index in [2.05, 4.69) is 5.32 Å². The number of sulfone groups is 1. The van der Waals surface area contributed by atoms with Crippen LogP contribution in [-0.4, -0.2) is 37.2 Å². The molecule has 0 unspecified atom stereocenters. The number of hydrogen-bond donors (Lipinski definition) is 2. The molecule has 1 aromatic carbocycles. The van der Waals surface area contributed by atoms with Crippen molar-refractivity contribution < 1.29 is 13.5 Å². The molecule has 1 heterocycles. The van der Waals surface area contributed by atoms with Gasteiger partial charge in [-0.25, -0.2) is 8.42 Å². The molecule has 17 heavy (non-hydrogen) atoms. The van der Waals surface area contributed by atoms with Gasteiger partial charge in [0.1, 0.15) is 0 Å². The van der Waals surface area contributed by atoms with Gasteiger partial charge in [0, 0.05) is 5.69 Å². The van der Waals surface area contributed by atoms with Gasteiger partial charge in [-0.2, -0.15) is 0 Å². The molecular weight excluding hydrogens is 238 g/mol. The van der Waals surface area contributed by atoms with Gasteiger partial charge in [0.05, 0.1) is 23.7 Å². The molecular formula is C12H17NO3S. The fourth-order valence-electron chi connectivity index (χ4n) is 2.08. The molecule has 94 valence electrons. The molecule has 1 aliphatic heterocycles. The van der Waals surface area contributed by atoms with Crippen LogP contribution in [0.5, 0.6) is 0 Å². The molecule has 2 rings (SSSR count). The van der Waals surface area contributed by atoms with Gasteiger partial charge in [-0.1, -0.05) is 18.2 Å². The van der Waals surface area contributed by atoms with Crippen LogP contribution in [0.3, 0.4) is 0 Å². The molecule has 0 aromatic heterocycles. The van der Waals surface area contributed by atoms with Gasteiger partial charge < -0.3 is 10.4 Å². The van der Waals surface area contributed by atoms with E-state index in [4.69, 9.17) is 0 Å². The first-order valence-electron chi connectivity index (χ1n) is 5.70. The number of nitrogens with one attached hydrogen (secondary N) is 1. The lowest BCUT2D eigenvalue weighted by Crippen LogP contribution is -2.48. The molecule has 0 amide bonds. The Morgan fingerprint density at radius 1 is 1.18 bits per heavy atom. The summed E-state index contributed by atoms with van der Waals surface area (Å²) in [4.78, 5) is 0. The van der Waals surface area contributed by atoms with Crippen molar-refractivity contribution in [2.45, 2.75) is 18.4 Å². The molecule has 0 saturated carbocycles. The van der Waals surface area contributed by atoms with Gasteiger partial charge >= 0.3 is 0 Å². The van der Waals surface area contributed by atoms with E-state index in [0.717, 1.165) is 5.69 Å². The topological polar surface area (TPSA) is 66.4 Å². The van der Waals surface area contributed by atoms with Crippen LogP contribution in [0, 0.1) is 0 Å². The largest absolute Gasteiger partial charge is 0.394 e. The predicted octanol–water partition coefficient (Wildman–Crippen LogP) is 1.04. The van der Waals surface area contributed by atoms with E-state index in [1.165, 1.54) is 0 Å². The highest BCUT2D eigenvalue weighted by Crippen LogP contribution is 2.27. The predicted molar refractivity (Wildman–Crippen MR) is 67.8 cm³/mol. The van der Waals surface area contributed by atoms with Gasteiger partial charge in [0.15, 0.2) is 9.84 Å². The van der Waals surface area contributed by atoms with Crippen LogP contribution in [0.4, 0.5) is 5.69 Å². The molecule has 1 fully saturated rings. The van der Waals surface area contributed by atoms with Gasteiger partial charge in [0.25, 0.3) is 0 Å². The average Bonchev–Trinajstić information content (AvgIpc) is 2.34. The third-order valence-corrected chi connectivity index (χ3v) is 4.92. The molecule has 2 N–H and O–H groups in total. The molecule has 0 spiro atoms. The lowest BCUT2D eigenvalue weighted by atomic mass is 9.93. The zero-order valence-corrected chi connectivity index (χ0v) is 10.4. The second-order valence-corrected chi connectivity index (χ2v) is 6.88. The Hall–Kier alpha value is -1.07. The molecule has 0 radical (unpaired) electrons. The standard InChI is InChI=1S/C12H17NO3S/c14-10-12(6-8-17(15,16)9-7-12)13-11-4-2-1-3-5-11/h1-5,13-14H,6-10H2. The molecule has 0 bridgehead atoms. The number of rotatable bonds is 3. The van der Waals surface area contributed by atoms with E-state index in [-0.39, 0.29) is 18.1 Å². The summed E-state index contributed by atoms with van der Waals surface area (Å²) in [5, 5.41) is 12.8. The highest BCUT2D eigenvalue weighted by molar-refractivity contribution is 7.91. The first kappa shape index (κ1) is 12.4. The van der Waals surface area contributed by atoms with Gasteiger partial charge in [-0.05, 0) is 25.0 Å². The van der Waals surface area contributed by atoms with E-state index < -0.39 is 15.4 Å². The van der Waals surface area contributed by atoms with Crippen molar-refractivity contribution >= 4 is 15.5 Å². The number of benzene rings is 1. The minimum Gasteiger partial charge on any atom is -0.394 e. The smallest absolute Gasteiger partial charge is 0.150 e. The molecule has 0 atom stereocenters. The molecule has 4 nitrogen and oxygen atoms in total. The third kappa shape index (κ3) is 2.98. The Morgan fingerprint density at radius 3 is 2.29 bits per heavy atom. The summed E-state index contributed by atoms with van der Waals surface area (Å²) >= 11 is 0. The third-order valence-electron chi connectivity index (χ3n) is 3.27. The second kappa shape index (κ2) is 4.66. The van der Waals surface area contributed by atoms with Crippen molar-refractivity contribution in [2.24, 2.45) is 0 Å². The molecule has 1 aromatic rings. The van der Waals surface area contributed by atoms with E-state index in [0.29, 0.717) is 12.8 Å². The SMILES string of the molecule is O=S1(=O)CCC(CO)(Nc2ccccc2)CC1. The van der Waals surface area contributed by atoms with Crippen LogP contribution >= 0.6 is 0 Å². The monoisotopic (exact) mass is 255 g/mol. The first-order valence-corrected chi connectivity index (χ1v) is 7.52.